The van der Waals surface area contributed by atoms with Gasteiger partial charge in [-0.1, -0.05) is 30.3 Å². The molecule has 0 bridgehead atoms. The minimum Gasteiger partial charge on any atom is -0.336 e. The Morgan fingerprint density at radius 3 is 2.50 bits per heavy atom. The largest absolute Gasteiger partial charge is 0.336 e. The third kappa shape index (κ3) is 5.49. The highest BCUT2D eigenvalue weighted by Crippen LogP contribution is 2.11. The maximum absolute atomic E-state index is 12.6. The molecule has 0 atom stereocenters. The molecule has 1 fully saturated rings. The number of hydrogen-bond donors (Lipinski definition) is 1. The fourth-order valence-corrected chi connectivity index (χ4v) is 4.25. The van der Waals surface area contributed by atoms with Crippen LogP contribution in [-0.4, -0.2) is 61.6 Å². The van der Waals surface area contributed by atoms with E-state index in [9.17, 15) is 13.2 Å². The van der Waals surface area contributed by atoms with E-state index in [1.807, 2.05) is 44.2 Å². The number of urea groups is 1. The fraction of sp³-hybridized carbons (Fsp3) is 0.588. The monoisotopic (exact) mass is 353 g/mol. The maximum atomic E-state index is 12.6. The summed E-state index contributed by atoms with van der Waals surface area (Å²) < 4.78 is 26.7. The summed E-state index contributed by atoms with van der Waals surface area (Å²) in [7, 11) is -3.30. The summed E-state index contributed by atoms with van der Waals surface area (Å²) in [6.45, 7) is 5.68. The van der Waals surface area contributed by atoms with Crippen molar-refractivity contribution >= 4 is 16.1 Å². The van der Waals surface area contributed by atoms with E-state index in [2.05, 4.69) is 5.32 Å². The molecule has 6 nitrogen and oxygen atoms in total. The van der Waals surface area contributed by atoms with Gasteiger partial charge in [-0.05, 0) is 32.3 Å². The summed E-state index contributed by atoms with van der Waals surface area (Å²) in [4.78, 5) is 13.8. The number of nitrogens with one attached hydrogen (secondary N) is 1. The number of benzene rings is 1. The van der Waals surface area contributed by atoms with Crippen molar-refractivity contribution in [2.75, 3.05) is 31.9 Å². The van der Waals surface area contributed by atoms with Gasteiger partial charge in [0.25, 0.3) is 0 Å². The summed E-state index contributed by atoms with van der Waals surface area (Å²) in [6.07, 6.45) is 1.17. The zero-order valence-corrected chi connectivity index (χ0v) is 15.3. The molecule has 134 valence electrons. The van der Waals surface area contributed by atoms with E-state index in [0.29, 0.717) is 39.0 Å². The molecule has 1 aromatic rings. The first-order valence-corrected chi connectivity index (χ1v) is 10.1. The molecule has 24 heavy (non-hydrogen) atoms. The Kier molecular flexibility index (Phi) is 6.62. The number of hydrogen-bond acceptors (Lipinski definition) is 3. The maximum Gasteiger partial charge on any atom is 0.317 e. The molecule has 7 heteroatoms. The second-order valence-electron chi connectivity index (χ2n) is 6.40. The first-order valence-electron chi connectivity index (χ1n) is 8.45. The van der Waals surface area contributed by atoms with Crippen molar-refractivity contribution in [1.29, 1.82) is 0 Å². The second kappa shape index (κ2) is 8.48. The molecule has 1 saturated heterocycles. The van der Waals surface area contributed by atoms with E-state index >= 15 is 0 Å². The van der Waals surface area contributed by atoms with Gasteiger partial charge < -0.3 is 10.2 Å². The number of carbonyl (C=O) groups is 1. The molecule has 0 saturated carbocycles. The van der Waals surface area contributed by atoms with Gasteiger partial charge in [0.1, 0.15) is 0 Å². The first kappa shape index (κ1) is 18.7. The summed E-state index contributed by atoms with van der Waals surface area (Å²) in [5, 5.41) is 2.86. The Labute approximate surface area is 144 Å². The van der Waals surface area contributed by atoms with Gasteiger partial charge in [0, 0.05) is 32.2 Å². The third-order valence-corrected chi connectivity index (χ3v) is 5.91. The first-order chi connectivity index (χ1) is 11.4. The Morgan fingerprint density at radius 2 is 1.83 bits per heavy atom. The Balaban J connectivity index is 1.91. The van der Waals surface area contributed by atoms with Gasteiger partial charge >= 0.3 is 6.03 Å². The highest BCUT2D eigenvalue weighted by Gasteiger charge is 2.26. The van der Waals surface area contributed by atoms with Crippen LogP contribution >= 0.6 is 0 Å². The van der Waals surface area contributed by atoms with Crippen molar-refractivity contribution in [2.45, 2.75) is 32.7 Å². The van der Waals surface area contributed by atoms with Crippen LogP contribution in [-0.2, 0) is 16.4 Å². The van der Waals surface area contributed by atoms with Crippen LogP contribution < -0.4 is 5.32 Å². The highest BCUT2D eigenvalue weighted by molar-refractivity contribution is 7.89. The lowest BCUT2D eigenvalue weighted by Crippen LogP contribution is -2.45. The molecule has 0 aromatic heterocycles. The van der Waals surface area contributed by atoms with Crippen molar-refractivity contribution in [3.05, 3.63) is 35.9 Å². The number of sulfonamides is 1. The van der Waals surface area contributed by atoms with E-state index < -0.39 is 10.0 Å². The van der Waals surface area contributed by atoms with E-state index in [0.717, 1.165) is 5.56 Å². The summed E-state index contributed by atoms with van der Waals surface area (Å²) in [6, 6.07) is 9.59. The van der Waals surface area contributed by atoms with Crippen LogP contribution in [0.3, 0.4) is 0 Å². The minimum atomic E-state index is -3.30. The predicted octanol–water partition coefficient (Wildman–Crippen LogP) is 1.68. The third-order valence-electron chi connectivity index (χ3n) is 4.04. The van der Waals surface area contributed by atoms with Crippen LogP contribution in [0.5, 0.6) is 0 Å². The lowest BCUT2D eigenvalue weighted by atomic mass is 10.2. The number of rotatable bonds is 5. The van der Waals surface area contributed by atoms with E-state index in [1.54, 1.807) is 4.90 Å². The zero-order chi connectivity index (χ0) is 17.6. The van der Waals surface area contributed by atoms with Crippen LogP contribution in [0.25, 0.3) is 0 Å². The minimum absolute atomic E-state index is 0.0754. The fourth-order valence-electron chi connectivity index (χ4n) is 2.73. The molecule has 0 radical (unpaired) electrons. The summed E-state index contributed by atoms with van der Waals surface area (Å²) in [5.41, 5.74) is 1.02. The van der Waals surface area contributed by atoms with E-state index in [1.165, 1.54) is 4.31 Å². The van der Waals surface area contributed by atoms with Gasteiger partial charge in [0.05, 0.1) is 5.75 Å². The molecule has 2 rings (SSSR count). The standard InChI is InChI=1S/C17H27N3O3S/c1-15(2)18-17(21)19-10-6-11-20(13-12-19)24(22,23)14-9-16-7-4-3-5-8-16/h3-5,7-8,15H,6,9-14H2,1-2H3,(H,18,21). The molecule has 1 aromatic carbocycles. The van der Waals surface area contributed by atoms with Crippen molar-refractivity contribution in [3.8, 4) is 0 Å². The zero-order valence-electron chi connectivity index (χ0n) is 14.4. The topological polar surface area (TPSA) is 69.7 Å². The van der Waals surface area contributed by atoms with Gasteiger partial charge in [-0.2, -0.15) is 0 Å². The van der Waals surface area contributed by atoms with Gasteiger partial charge in [0.15, 0.2) is 0 Å². The molecular formula is C17H27N3O3S. The van der Waals surface area contributed by atoms with Crippen LogP contribution in [0, 0.1) is 0 Å². The Bertz CT molecular complexity index is 632. The molecule has 0 unspecified atom stereocenters. The van der Waals surface area contributed by atoms with Crippen LogP contribution in [0.4, 0.5) is 4.79 Å². The van der Waals surface area contributed by atoms with Crippen molar-refractivity contribution in [2.24, 2.45) is 0 Å². The molecule has 1 aliphatic heterocycles. The molecule has 0 aliphatic carbocycles. The lowest BCUT2D eigenvalue weighted by Gasteiger charge is -2.23. The molecule has 0 spiro atoms. The van der Waals surface area contributed by atoms with E-state index in [-0.39, 0.29) is 17.8 Å². The van der Waals surface area contributed by atoms with Gasteiger partial charge in [-0.3, -0.25) is 0 Å². The molecular weight excluding hydrogens is 326 g/mol. The summed E-state index contributed by atoms with van der Waals surface area (Å²) in [5.74, 6) is 0.106. The Hall–Kier alpha value is -1.60. The summed E-state index contributed by atoms with van der Waals surface area (Å²) >= 11 is 0. The second-order valence-corrected chi connectivity index (χ2v) is 8.48. The molecule has 2 amide bonds. The lowest BCUT2D eigenvalue weighted by molar-refractivity contribution is 0.198. The normalized spacial score (nSPS) is 16.9. The number of amides is 2. The Morgan fingerprint density at radius 1 is 1.12 bits per heavy atom. The van der Waals surface area contributed by atoms with Gasteiger partial charge in [0.2, 0.25) is 10.0 Å². The molecule has 1 heterocycles. The van der Waals surface area contributed by atoms with Crippen LogP contribution in [0.2, 0.25) is 0 Å². The van der Waals surface area contributed by atoms with Gasteiger partial charge in [-0.25, -0.2) is 17.5 Å². The van der Waals surface area contributed by atoms with Crippen LogP contribution in [0.15, 0.2) is 30.3 Å². The average molecular weight is 353 g/mol. The molecule has 1 N–H and O–H groups in total. The van der Waals surface area contributed by atoms with Crippen molar-refractivity contribution in [1.82, 2.24) is 14.5 Å². The highest BCUT2D eigenvalue weighted by atomic mass is 32.2. The van der Waals surface area contributed by atoms with Crippen molar-refractivity contribution < 1.29 is 13.2 Å². The quantitative estimate of drug-likeness (QED) is 0.876. The number of aryl methyl sites for hydroxylation is 1. The van der Waals surface area contributed by atoms with Crippen molar-refractivity contribution in [3.63, 3.8) is 0 Å². The van der Waals surface area contributed by atoms with Gasteiger partial charge in [-0.15, -0.1) is 0 Å². The SMILES string of the molecule is CC(C)NC(=O)N1CCCN(S(=O)(=O)CCc2ccccc2)CC1. The number of nitrogens with zero attached hydrogens (tertiary/aromatic N) is 2. The predicted molar refractivity (Wildman–Crippen MR) is 95.4 cm³/mol. The number of carbonyl (C=O) groups excluding carboxylic acids is 1. The van der Waals surface area contributed by atoms with E-state index in [4.69, 9.17) is 0 Å². The molecule has 1 aliphatic rings. The average Bonchev–Trinajstić information content (AvgIpc) is 2.80. The van der Waals surface area contributed by atoms with Crippen LogP contribution in [0.1, 0.15) is 25.8 Å². The smallest absolute Gasteiger partial charge is 0.317 e.